The summed E-state index contributed by atoms with van der Waals surface area (Å²) in [6.07, 6.45) is 1.37. The molecule has 0 spiro atoms. The number of nitrogens with one attached hydrogen (secondary N) is 1. The zero-order valence-corrected chi connectivity index (χ0v) is 10.4. The van der Waals surface area contributed by atoms with Crippen LogP contribution in [0.25, 0.3) is 11.1 Å². The molecule has 1 amide bonds. The van der Waals surface area contributed by atoms with E-state index < -0.39 is 0 Å². The number of rotatable bonds is 2. The third-order valence-corrected chi connectivity index (χ3v) is 2.90. The van der Waals surface area contributed by atoms with Crippen LogP contribution in [0.5, 0.6) is 0 Å². The number of benzene rings is 2. The average molecular weight is 252 g/mol. The van der Waals surface area contributed by atoms with E-state index in [4.69, 9.17) is 4.42 Å². The van der Waals surface area contributed by atoms with E-state index >= 15 is 0 Å². The summed E-state index contributed by atoms with van der Waals surface area (Å²) < 4.78 is 5.18. The largest absolute Gasteiger partial charge is 0.443 e. The normalized spacial score (nSPS) is 10.6. The first kappa shape index (κ1) is 11.5. The molecule has 0 saturated carbocycles. The maximum atomic E-state index is 12.1. The number of anilines is 1. The zero-order chi connectivity index (χ0) is 13.2. The number of oxazole rings is 1. The first-order valence-electron chi connectivity index (χ1n) is 5.94. The van der Waals surface area contributed by atoms with Gasteiger partial charge in [0.25, 0.3) is 5.91 Å². The molecule has 1 aromatic heterocycles. The van der Waals surface area contributed by atoms with E-state index in [0.29, 0.717) is 11.1 Å². The predicted molar refractivity (Wildman–Crippen MR) is 73.1 cm³/mol. The number of carbonyl (C=O) groups excluding carboxylic acids is 1. The van der Waals surface area contributed by atoms with Gasteiger partial charge >= 0.3 is 0 Å². The predicted octanol–water partition coefficient (Wildman–Crippen LogP) is 3.39. The van der Waals surface area contributed by atoms with E-state index in [1.807, 2.05) is 31.2 Å². The highest BCUT2D eigenvalue weighted by atomic mass is 16.3. The molecular formula is C15H12N2O2. The number of nitrogens with zero attached hydrogens (tertiary/aromatic N) is 1. The van der Waals surface area contributed by atoms with E-state index in [2.05, 4.69) is 10.3 Å². The van der Waals surface area contributed by atoms with E-state index in [-0.39, 0.29) is 5.91 Å². The Labute approximate surface area is 110 Å². The number of hydrogen-bond donors (Lipinski definition) is 1. The Bertz CT molecular complexity index is 729. The fourth-order valence-corrected chi connectivity index (χ4v) is 1.84. The van der Waals surface area contributed by atoms with E-state index in [1.165, 1.54) is 6.39 Å². The van der Waals surface area contributed by atoms with Crippen LogP contribution < -0.4 is 5.32 Å². The molecule has 2 aromatic carbocycles. The number of fused-ring (bicyclic) bond motifs is 1. The van der Waals surface area contributed by atoms with Crippen LogP contribution in [0, 0.1) is 6.92 Å². The van der Waals surface area contributed by atoms with Crippen molar-refractivity contribution >= 4 is 22.7 Å². The molecule has 0 saturated heterocycles. The third kappa shape index (κ3) is 2.33. The molecular weight excluding hydrogens is 240 g/mol. The molecule has 0 unspecified atom stereocenters. The van der Waals surface area contributed by atoms with Gasteiger partial charge in [0.1, 0.15) is 5.52 Å². The Morgan fingerprint density at radius 2 is 1.95 bits per heavy atom. The minimum absolute atomic E-state index is 0.165. The number of aromatic nitrogens is 1. The summed E-state index contributed by atoms with van der Waals surface area (Å²) in [4.78, 5) is 16.1. The van der Waals surface area contributed by atoms with Crippen LogP contribution in [0.4, 0.5) is 5.69 Å². The van der Waals surface area contributed by atoms with Gasteiger partial charge in [0.2, 0.25) is 0 Å². The Morgan fingerprint density at radius 3 is 2.74 bits per heavy atom. The van der Waals surface area contributed by atoms with Crippen LogP contribution in [0.15, 0.2) is 53.3 Å². The summed E-state index contributed by atoms with van der Waals surface area (Å²) in [5, 5.41) is 2.84. The second kappa shape index (κ2) is 4.57. The topological polar surface area (TPSA) is 55.1 Å². The molecule has 1 heterocycles. The van der Waals surface area contributed by atoms with Crippen molar-refractivity contribution in [2.75, 3.05) is 5.32 Å². The van der Waals surface area contributed by atoms with Crippen molar-refractivity contribution in [1.29, 1.82) is 0 Å². The summed E-state index contributed by atoms with van der Waals surface area (Å²) in [5.74, 6) is -0.165. The molecule has 0 aliphatic heterocycles. The molecule has 0 bridgehead atoms. The highest BCUT2D eigenvalue weighted by Gasteiger charge is 2.08. The summed E-state index contributed by atoms with van der Waals surface area (Å²) in [7, 11) is 0. The number of carbonyl (C=O) groups is 1. The number of hydrogen-bond acceptors (Lipinski definition) is 3. The quantitative estimate of drug-likeness (QED) is 0.760. The van der Waals surface area contributed by atoms with Crippen LogP contribution in [0.1, 0.15) is 15.9 Å². The van der Waals surface area contributed by atoms with Crippen molar-refractivity contribution in [3.63, 3.8) is 0 Å². The molecule has 3 rings (SSSR count). The lowest BCUT2D eigenvalue weighted by molar-refractivity contribution is 0.102. The molecule has 4 nitrogen and oxygen atoms in total. The molecule has 0 aliphatic carbocycles. The monoisotopic (exact) mass is 252 g/mol. The fraction of sp³-hybridized carbons (Fsp3) is 0.0667. The van der Waals surface area contributed by atoms with Gasteiger partial charge in [-0.1, -0.05) is 17.7 Å². The van der Waals surface area contributed by atoms with E-state index in [9.17, 15) is 4.79 Å². The van der Waals surface area contributed by atoms with Crippen LogP contribution in [-0.4, -0.2) is 10.9 Å². The smallest absolute Gasteiger partial charge is 0.255 e. The van der Waals surface area contributed by atoms with Crippen molar-refractivity contribution in [2.45, 2.75) is 6.92 Å². The van der Waals surface area contributed by atoms with Gasteiger partial charge in [0.05, 0.1) is 0 Å². The van der Waals surface area contributed by atoms with E-state index in [0.717, 1.165) is 16.8 Å². The van der Waals surface area contributed by atoms with Gasteiger partial charge < -0.3 is 9.73 Å². The van der Waals surface area contributed by atoms with E-state index in [1.54, 1.807) is 18.2 Å². The van der Waals surface area contributed by atoms with Crippen molar-refractivity contribution < 1.29 is 9.21 Å². The minimum Gasteiger partial charge on any atom is -0.443 e. The second-order valence-electron chi connectivity index (χ2n) is 4.36. The van der Waals surface area contributed by atoms with Gasteiger partial charge in [-0.3, -0.25) is 4.79 Å². The molecule has 1 N–H and O–H groups in total. The standard InChI is InChI=1S/C15H12N2O2/c1-10-2-5-12(6-3-10)17-15(18)11-4-7-13-14(8-11)19-9-16-13/h2-9H,1H3,(H,17,18). The lowest BCUT2D eigenvalue weighted by Gasteiger charge is -2.05. The molecule has 19 heavy (non-hydrogen) atoms. The minimum atomic E-state index is -0.165. The Morgan fingerprint density at radius 1 is 1.16 bits per heavy atom. The number of aryl methyl sites for hydroxylation is 1. The summed E-state index contributed by atoms with van der Waals surface area (Å²) in [6.45, 7) is 2.00. The molecule has 0 aliphatic rings. The van der Waals surface area contributed by atoms with Crippen molar-refractivity contribution in [1.82, 2.24) is 4.98 Å². The number of amides is 1. The lowest BCUT2D eigenvalue weighted by Crippen LogP contribution is -2.11. The van der Waals surface area contributed by atoms with Crippen molar-refractivity contribution in [2.24, 2.45) is 0 Å². The average Bonchev–Trinajstić information content (AvgIpc) is 2.88. The molecule has 3 aromatic rings. The van der Waals surface area contributed by atoms with Crippen LogP contribution in [0.3, 0.4) is 0 Å². The van der Waals surface area contributed by atoms with Gasteiger partial charge in [0, 0.05) is 11.3 Å². The lowest BCUT2D eigenvalue weighted by atomic mass is 10.2. The highest BCUT2D eigenvalue weighted by molar-refractivity contribution is 6.05. The zero-order valence-electron chi connectivity index (χ0n) is 10.4. The van der Waals surface area contributed by atoms with Gasteiger partial charge in [-0.2, -0.15) is 0 Å². The van der Waals surface area contributed by atoms with Gasteiger partial charge in [-0.05, 0) is 37.3 Å². The Kier molecular flexibility index (Phi) is 2.76. The molecule has 4 heteroatoms. The second-order valence-corrected chi connectivity index (χ2v) is 4.36. The maximum absolute atomic E-state index is 12.1. The summed E-state index contributed by atoms with van der Waals surface area (Å²) in [5.41, 5.74) is 3.82. The van der Waals surface area contributed by atoms with Crippen LogP contribution in [0.2, 0.25) is 0 Å². The molecule has 0 radical (unpaired) electrons. The fourth-order valence-electron chi connectivity index (χ4n) is 1.84. The maximum Gasteiger partial charge on any atom is 0.255 e. The Balaban J connectivity index is 1.84. The molecule has 0 fully saturated rings. The van der Waals surface area contributed by atoms with Crippen LogP contribution >= 0.6 is 0 Å². The van der Waals surface area contributed by atoms with Crippen molar-refractivity contribution in [3.05, 3.63) is 60.0 Å². The molecule has 0 atom stereocenters. The van der Waals surface area contributed by atoms with Crippen LogP contribution in [-0.2, 0) is 0 Å². The van der Waals surface area contributed by atoms with Gasteiger partial charge in [0.15, 0.2) is 12.0 Å². The highest BCUT2D eigenvalue weighted by Crippen LogP contribution is 2.16. The molecule has 94 valence electrons. The van der Waals surface area contributed by atoms with Crippen molar-refractivity contribution in [3.8, 4) is 0 Å². The SMILES string of the molecule is Cc1ccc(NC(=O)c2ccc3ncoc3c2)cc1. The van der Waals surface area contributed by atoms with Gasteiger partial charge in [-0.25, -0.2) is 4.98 Å². The Hall–Kier alpha value is -2.62. The summed E-state index contributed by atoms with van der Waals surface area (Å²) in [6, 6.07) is 12.8. The van der Waals surface area contributed by atoms with Gasteiger partial charge in [-0.15, -0.1) is 0 Å². The third-order valence-electron chi connectivity index (χ3n) is 2.90. The summed E-state index contributed by atoms with van der Waals surface area (Å²) >= 11 is 0. The first-order valence-corrected chi connectivity index (χ1v) is 5.94. The first-order chi connectivity index (χ1) is 9.22.